The Bertz CT molecular complexity index is 2850. The monoisotopic (exact) mass is 889 g/mol. The largest absolute Gasteiger partial charge is 0.435 e. The highest BCUT2D eigenvalue weighted by atomic mass is 35.5. The van der Waals surface area contributed by atoms with E-state index in [1.807, 2.05) is 0 Å². The van der Waals surface area contributed by atoms with Gasteiger partial charge in [0.25, 0.3) is 5.92 Å². The predicted octanol–water partition coefficient (Wildman–Crippen LogP) is 8.53. The van der Waals surface area contributed by atoms with Crippen molar-refractivity contribution in [1.82, 2.24) is 29.9 Å². The number of isothiocyanates is 1. The van der Waals surface area contributed by atoms with Crippen molar-refractivity contribution in [3.05, 3.63) is 93.0 Å². The molecule has 1 amide bonds. The second-order valence-electron chi connectivity index (χ2n) is 15.5. The topological polar surface area (TPSA) is 124 Å². The average Bonchev–Trinajstić information content (AvgIpc) is 4.08. The smallest absolute Gasteiger partial charge is 0.346 e. The molecule has 0 saturated heterocycles. The first-order valence-corrected chi connectivity index (χ1v) is 20.8. The van der Waals surface area contributed by atoms with E-state index >= 15 is 8.78 Å². The van der Waals surface area contributed by atoms with Crippen molar-refractivity contribution in [3.8, 4) is 23.0 Å². The first-order valence-electron chi connectivity index (χ1n) is 18.4. The number of carbonyl (C=O) groups is 1. The molecule has 1 unspecified atom stereocenters. The maximum atomic E-state index is 15.5. The summed E-state index contributed by atoms with van der Waals surface area (Å²) < 4.78 is 129. The van der Waals surface area contributed by atoms with Gasteiger partial charge in [-0.3, -0.25) is 14.2 Å². The third kappa shape index (κ3) is 7.26. The van der Waals surface area contributed by atoms with E-state index in [0.717, 1.165) is 12.1 Å². The number of nitrogens with zero attached hydrogens (tertiary/aromatic N) is 6. The fourth-order valence-corrected chi connectivity index (χ4v) is 10.1. The Morgan fingerprint density at radius 1 is 1.08 bits per heavy atom. The number of aliphatic imine (C=N–C) groups is 1. The molecule has 3 atom stereocenters. The van der Waals surface area contributed by atoms with E-state index in [1.54, 1.807) is 19.2 Å². The summed E-state index contributed by atoms with van der Waals surface area (Å²) in [5, 5.41) is 12.8. The molecular formula is C40H31ClF7N7O3S2. The van der Waals surface area contributed by atoms with Crippen LogP contribution in [0.3, 0.4) is 0 Å². The number of halogens is 8. The lowest BCUT2D eigenvalue weighted by molar-refractivity contribution is -0.142. The van der Waals surface area contributed by atoms with Gasteiger partial charge in [0.2, 0.25) is 5.91 Å². The molecule has 2 fully saturated rings. The lowest BCUT2D eigenvalue weighted by Crippen LogP contribution is -2.35. The van der Waals surface area contributed by atoms with Crippen LogP contribution in [0.4, 0.5) is 36.6 Å². The molecule has 0 aliphatic heterocycles. The zero-order valence-electron chi connectivity index (χ0n) is 31.6. The lowest BCUT2D eigenvalue weighted by atomic mass is 9.93. The van der Waals surface area contributed by atoms with E-state index in [-0.39, 0.29) is 39.8 Å². The molecule has 3 aliphatic carbocycles. The predicted molar refractivity (Wildman–Crippen MR) is 209 cm³/mol. The summed E-state index contributed by atoms with van der Waals surface area (Å²) in [6.45, 7) is 1.83. The molecule has 0 radical (unpaired) electrons. The molecule has 2 saturated carbocycles. The number of hydrogen-bond donors (Lipinski definition) is 1. The molecule has 5 aromatic rings. The number of alkyl halides is 5. The van der Waals surface area contributed by atoms with E-state index in [9.17, 15) is 35.2 Å². The summed E-state index contributed by atoms with van der Waals surface area (Å²) in [6.07, 6.45) is -4.62. The maximum absolute atomic E-state index is 15.5. The average molecular weight is 890 g/mol. The number of fused-ring (bicyclic) bond motifs is 4. The number of hydrogen-bond acceptors (Lipinski definition) is 8. The number of aromatic nitrogens is 5. The summed E-state index contributed by atoms with van der Waals surface area (Å²) in [6, 6.07) is 7.41. The van der Waals surface area contributed by atoms with Crippen LogP contribution < -0.4 is 5.32 Å². The minimum atomic E-state index is -5.08. The standard InChI is InChI=1S/C40H31ClF7N7O3S2/c1-38(2,60(57,58)23-5-6-23)11-10-22-4-7-24(25-8-9-28(41)32-34(25)54(3)53-37(32)49-18-59)33(50-22)29(14-19-12-20(42)15-21(43)13-19)51-30(56)17-55-36-31(35(52-55)40(46,47)48)26-16-27(26)39(36,44)45/h4,7-9,12-13,15,23,26-27,29H,5-6,14,16-17H2,1-3H3,(H,51,56)/t26-,27?,29-/m0/s1. The van der Waals surface area contributed by atoms with Crippen molar-refractivity contribution in [3.63, 3.8) is 0 Å². The first kappa shape index (κ1) is 41.6. The van der Waals surface area contributed by atoms with Gasteiger partial charge < -0.3 is 5.32 Å². The van der Waals surface area contributed by atoms with Crippen LogP contribution in [0.15, 0.2) is 47.5 Å². The second-order valence-corrected chi connectivity index (χ2v) is 18.9. The summed E-state index contributed by atoms with van der Waals surface area (Å²) in [5.41, 5.74) is -2.09. The summed E-state index contributed by atoms with van der Waals surface area (Å²) in [7, 11) is -2.08. The van der Waals surface area contributed by atoms with Gasteiger partial charge >= 0.3 is 6.18 Å². The molecule has 8 rings (SSSR count). The minimum Gasteiger partial charge on any atom is -0.346 e. The van der Waals surface area contributed by atoms with Gasteiger partial charge in [0, 0.05) is 35.7 Å². The summed E-state index contributed by atoms with van der Waals surface area (Å²) in [5.74, 6) is -3.39. The number of carbonyl (C=O) groups excluding carboxylic acids is 1. The minimum absolute atomic E-state index is 0.00375. The Morgan fingerprint density at radius 2 is 1.77 bits per heavy atom. The number of pyridine rings is 1. The van der Waals surface area contributed by atoms with Crippen LogP contribution in [0.5, 0.6) is 0 Å². The van der Waals surface area contributed by atoms with Crippen molar-refractivity contribution in [1.29, 1.82) is 0 Å². The number of sulfone groups is 1. The third-order valence-corrected chi connectivity index (χ3v) is 14.3. The number of thiocarbonyl (C=S) groups is 1. The Labute approximate surface area is 348 Å². The van der Waals surface area contributed by atoms with Crippen LogP contribution in [-0.4, -0.2) is 54.0 Å². The van der Waals surface area contributed by atoms with E-state index < -0.39 is 97.3 Å². The molecule has 2 aromatic carbocycles. The zero-order valence-corrected chi connectivity index (χ0v) is 34.0. The van der Waals surface area contributed by atoms with Crippen molar-refractivity contribution >= 4 is 61.4 Å². The highest BCUT2D eigenvalue weighted by Crippen LogP contribution is 2.68. The normalized spacial score (nSPS) is 18.6. The third-order valence-electron chi connectivity index (χ3n) is 11.0. The highest BCUT2D eigenvalue weighted by Gasteiger charge is 2.68. The highest BCUT2D eigenvalue weighted by molar-refractivity contribution is 7.93. The van der Waals surface area contributed by atoms with Crippen molar-refractivity contribution in [2.75, 3.05) is 0 Å². The van der Waals surface area contributed by atoms with Gasteiger partial charge in [-0.05, 0) is 99.5 Å². The first-order chi connectivity index (χ1) is 28.1. The van der Waals surface area contributed by atoms with E-state index in [1.165, 1.54) is 30.7 Å². The van der Waals surface area contributed by atoms with Gasteiger partial charge in [-0.2, -0.15) is 37.1 Å². The molecule has 3 aliphatic rings. The van der Waals surface area contributed by atoms with Crippen molar-refractivity contribution < 1.29 is 43.9 Å². The summed E-state index contributed by atoms with van der Waals surface area (Å²) in [4.78, 5) is 22.8. The number of rotatable bonds is 10. The molecule has 60 heavy (non-hydrogen) atoms. The van der Waals surface area contributed by atoms with E-state index in [0.29, 0.717) is 40.1 Å². The number of benzene rings is 2. The molecule has 0 spiro atoms. The van der Waals surface area contributed by atoms with Gasteiger partial charge in [0.1, 0.15) is 34.3 Å². The van der Waals surface area contributed by atoms with Crippen LogP contribution in [0.1, 0.15) is 79.0 Å². The fourth-order valence-electron chi connectivity index (χ4n) is 7.96. The van der Waals surface area contributed by atoms with Gasteiger partial charge in [-0.1, -0.05) is 23.6 Å². The number of nitrogens with one attached hydrogen (secondary N) is 1. The Morgan fingerprint density at radius 3 is 2.42 bits per heavy atom. The van der Waals surface area contributed by atoms with Crippen LogP contribution in [0, 0.1) is 29.4 Å². The van der Waals surface area contributed by atoms with Crippen molar-refractivity contribution in [2.45, 2.75) is 80.1 Å². The fraction of sp³-hybridized carbons (Fsp3) is 0.375. The molecule has 1 N–H and O–H groups in total. The quantitative estimate of drug-likeness (QED) is 0.0646. The van der Waals surface area contributed by atoms with Gasteiger partial charge in [-0.15, -0.1) is 0 Å². The van der Waals surface area contributed by atoms with Crippen LogP contribution in [-0.2, 0) is 46.7 Å². The van der Waals surface area contributed by atoms with Gasteiger partial charge in [0.15, 0.2) is 21.3 Å². The van der Waals surface area contributed by atoms with Crippen molar-refractivity contribution in [2.24, 2.45) is 18.0 Å². The molecule has 20 heteroatoms. The lowest BCUT2D eigenvalue weighted by Gasteiger charge is -2.23. The molecule has 0 bridgehead atoms. The molecular weight excluding hydrogens is 859 g/mol. The Kier molecular flexibility index (Phi) is 10.0. The second kappa shape index (κ2) is 14.5. The molecule has 312 valence electrons. The van der Waals surface area contributed by atoms with Gasteiger partial charge in [0.05, 0.1) is 38.1 Å². The molecule has 10 nitrogen and oxygen atoms in total. The van der Waals surface area contributed by atoms with Crippen LogP contribution >= 0.6 is 23.8 Å². The zero-order chi connectivity index (χ0) is 43.3. The SMILES string of the molecule is Cn1nc(N=C=S)c2c(Cl)ccc(-c3ccc(C#CC(C)(C)S(=O)(=O)C4CC4)nc3[C@H](Cc3cc(F)cc(F)c3)NC(=O)Cn3nc(C(F)(F)F)c4c3C(F)(F)C3C[C@H]43)c21. The number of amides is 1. The van der Waals surface area contributed by atoms with E-state index in [2.05, 4.69) is 37.5 Å². The Hall–Kier alpha value is -5.15. The van der Waals surface area contributed by atoms with Crippen LogP contribution in [0.25, 0.3) is 22.0 Å². The Balaban J connectivity index is 1.29. The molecule has 3 heterocycles. The van der Waals surface area contributed by atoms with E-state index in [4.69, 9.17) is 28.8 Å². The van der Waals surface area contributed by atoms with Gasteiger partial charge in [-0.25, -0.2) is 22.2 Å². The maximum Gasteiger partial charge on any atom is 0.435 e. The molecule has 3 aromatic heterocycles. The summed E-state index contributed by atoms with van der Waals surface area (Å²) >= 11 is 11.4. The van der Waals surface area contributed by atoms with Crippen LogP contribution in [0.2, 0.25) is 5.02 Å². The number of aryl methyl sites for hydroxylation is 1.